The summed E-state index contributed by atoms with van der Waals surface area (Å²) >= 11 is 0. The summed E-state index contributed by atoms with van der Waals surface area (Å²) < 4.78 is 37.2. The van der Waals surface area contributed by atoms with Gasteiger partial charge in [0, 0.05) is 63.5 Å². The van der Waals surface area contributed by atoms with Crippen molar-refractivity contribution in [3.05, 3.63) is 71.9 Å². The fraction of sp³-hybridized carbons (Fsp3) is 0.579. The number of aliphatic hydroxyl groups is 2. The van der Waals surface area contributed by atoms with Crippen LogP contribution in [0.3, 0.4) is 0 Å². The molecule has 3 heterocycles. The number of amides is 17. The molecule has 15 atom stereocenters. The largest absolute Gasteiger partial charge is 0.391 e. The van der Waals surface area contributed by atoms with E-state index in [0.29, 0.717) is 44.7 Å². The number of carbonyl (C=O) groups is 17. The Morgan fingerprint density at radius 1 is 0.672 bits per heavy atom. The van der Waals surface area contributed by atoms with Gasteiger partial charge in [-0.15, -0.1) is 0 Å². The molecule has 15 unspecified atom stereocenters. The van der Waals surface area contributed by atoms with E-state index in [9.17, 15) is 75.9 Å². The SMILES string of the molecule is CC(C)CC1NC(=O)C(CCC(N)=O)N(C)C(=O)C(C(C)O)N(C(=O)C(CS(=O)(=O)O)NC(=O)C(CCCN=C(N)N)NC(=O)C(Cc2c[nH]c3ccccc23)NC(=O)C(NC(=O)C(NC(=O)C2CCCN2C(=O)C(Cc2ccccc2)NC(=O)C(C)NC=O)C(C)(C)C)C(C)C)C(=O)CN(C)C(=O)C(C(C)O)NC(=O)C(CC(N)=O)NC1=O. The lowest BCUT2D eigenvalue weighted by molar-refractivity contribution is -0.163. The number of carbonyl (C=O) groups excluding carboxylic acids is 17. The van der Waals surface area contributed by atoms with Crippen LogP contribution in [0.4, 0.5) is 0 Å². The molecule has 2 saturated heterocycles. The number of H-pyrrole nitrogens is 1. The number of nitrogens with zero attached hydrogens (tertiary/aromatic N) is 5. The molecule has 2 fully saturated rings. The fourth-order valence-electron chi connectivity index (χ4n) is 13.6. The highest BCUT2D eigenvalue weighted by Crippen LogP contribution is 2.27. The first kappa shape index (κ1) is 97.8. The number of nitrogens with two attached hydrogens (primary N) is 4. The zero-order valence-electron chi connectivity index (χ0n) is 68.6. The lowest BCUT2D eigenvalue weighted by Crippen LogP contribution is -2.66. The van der Waals surface area contributed by atoms with E-state index in [1.54, 1.807) is 103 Å². The van der Waals surface area contributed by atoms with Crippen LogP contribution < -0.4 is 76.1 Å². The first-order chi connectivity index (χ1) is 55.6. The summed E-state index contributed by atoms with van der Waals surface area (Å²) in [6, 6.07) is -7.90. The highest BCUT2D eigenvalue weighted by molar-refractivity contribution is 7.85. The Kier molecular flexibility index (Phi) is 36.3. The van der Waals surface area contributed by atoms with Gasteiger partial charge in [-0.1, -0.05) is 97.0 Å². The van der Waals surface area contributed by atoms with Gasteiger partial charge in [-0.05, 0) is 93.7 Å². The molecule has 0 saturated carbocycles. The lowest BCUT2D eigenvalue weighted by atomic mass is 9.85. The Hall–Kier alpha value is -11.7. The second-order valence-electron chi connectivity index (χ2n) is 31.5. The van der Waals surface area contributed by atoms with Crippen LogP contribution in [0.25, 0.3) is 10.9 Å². The number of aromatic nitrogens is 1. The number of imide groups is 1. The molecule has 1 aromatic heterocycles. The molecule has 2 aliphatic rings. The minimum atomic E-state index is -5.62. The van der Waals surface area contributed by atoms with E-state index in [-0.39, 0.29) is 43.7 Å². The van der Waals surface area contributed by atoms with Crippen molar-refractivity contribution in [2.45, 2.75) is 224 Å². The molecule has 43 heteroatoms. The van der Waals surface area contributed by atoms with Gasteiger partial charge in [-0.3, -0.25) is 96.0 Å². The molecule has 3 aromatic rings. The van der Waals surface area contributed by atoms with Crippen LogP contribution >= 0.6 is 0 Å². The number of aromatic amines is 1. The quantitative estimate of drug-likeness (QED) is 0.00847. The van der Waals surface area contributed by atoms with Crippen molar-refractivity contribution in [3.63, 3.8) is 0 Å². The van der Waals surface area contributed by atoms with Crippen LogP contribution in [0.2, 0.25) is 0 Å². The Balaban J connectivity index is 1.60. The lowest BCUT2D eigenvalue weighted by Gasteiger charge is -2.38. The maximum Gasteiger partial charge on any atom is 0.267 e. The number of likely N-dealkylation sites (tertiary alicyclic amines) is 1. The third-order valence-electron chi connectivity index (χ3n) is 19.9. The molecule has 656 valence electrons. The molecule has 2 aromatic carbocycles. The van der Waals surface area contributed by atoms with E-state index in [0.717, 1.165) is 27.9 Å². The number of aliphatic hydroxyl groups excluding tert-OH is 2. The van der Waals surface area contributed by atoms with Crippen LogP contribution in [0.15, 0.2) is 65.8 Å². The molecule has 0 aliphatic carbocycles. The Morgan fingerprint density at radius 3 is 1.85 bits per heavy atom. The summed E-state index contributed by atoms with van der Waals surface area (Å²) in [5, 5.41) is 48.0. The number of rotatable bonds is 36. The van der Waals surface area contributed by atoms with Gasteiger partial charge in [-0.2, -0.15) is 8.42 Å². The van der Waals surface area contributed by atoms with Crippen molar-refractivity contribution >= 4 is 128 Å². The zero-order chi connectivity index (χ0) is 89.4. The predicted octanol–water partition coefficient (Wildman–Crippen LogP) is -5.94. The number of likely N-dealkylation sites (N-methyl/N-ethyl adjacent to an activating group) is 2. The van der Waals surface area contributed by atoms with E-state index >= 15 is 28.8 Å². The number of para-hydroxylation sites is 1. The zero-order valence-corrected chi connectivity index (χ0v) is 69.4. The predicted molar refractivity (Wildman–Crippen MR) is 428 cm³/mol. The minimum Gasteiger partial charge on any atom is -0.391 e. The number of nitrogens with one attached hydrogen (secondary N) is 11. The third-order valence-corrected chi connectivity index (χ3v) is 20.6. The molecule has 42 nitrogen and oxygen atoms in total. The molecule has 5 rings (SSSR count). The maximum absolute atomic E-state index is 15.7. The van der Waals surface area contributed by atoms with Gasteiger partial charge in [-0.25, -0.2) is 0 Å². The molecule has 0 radical (unpaired) electrons. The van der Waals surface area contributed by atoms with Gasteiger partial charge in [0.1, 0.15) is 84.3 Å². The van der Waals surface area contributed by atoms with E-state index in [4.69, 9.17) is 22.9 Å². The maximum atomic E-state index is 15.7. The van der Waals surface area contributed by atoms with E-state index in [1.807, 2.05) is 0 Å². The van der Waals surface area contributed by atoms with Crippen LogP contribution in [-0.4, -0.2) is 285 Å². The first-order valence-electron chi connectivity index (χ1n) is 38.7. The second-order valence-corrected chi connectivity index (χ2v) is 33.0. The van der Waals surface area contributed by atoms with Crippen LogP contribution in [-0.2, 0) is 104 Å². The normalized spacial score (nSPS) is 20.4. The van der Waals surface area contributed by atoms with Crippen molar-refractivity contribution in [3.8, 4) is 0 Å². The monoisotopic (exact) mass is 1690 g/mol. The molecule has 119 heavy (non-hydrogen) atoms. The minimum absolute atomic E-state index is 0.00133. The number of hydrogen-bond donors (Lipinski definition) is 18. The summed E-state index contributed by atoms with van der Waals surface area (Å²) in [5.41, 5.74) is 22.7. The summed E-state index contributed by atoms with van der Waals surface area (Å²) in [4.78, 5) is 252. The number of guanidine groups is 1. The van der Waals surface area contributed by atoms with Crippen LogP contribution in [0.1, 0.15) is 132 Å². The summed E-state index contributed by atoms with van der Waals surface area (Å²) in [6.07, 6.45) is -5.69. The van der Waals surface area contributed by atoms with Crippen molar-refractivity contribution < 1.29 is 105 Å². The van der Waals surface area contributed by atoms with E-state index in [1.165, 1.54) is 18.0 Å². The van der Waals surface area contributed by atoms with Gasteiger partial charge in [0.05, 0.1) is 25.2 Å². The molecule has 0 spiro atoms. The molecule has 2 aliphatic heterocycles. The van der Waals surface area contributed by atoms with E-state index in [2.05, 4.69) is 63.1 Å². The highest BCUT2D eigenvalue weighted by Gasteiger charge is 2.48. The van der Waals surface area contributed by atoms with E-state index < -0.39 is 263 Å². The van der Waals surface area contributed by atoms with Crippen molar-refractivity contribution in [1.29, 1.82) is 0 Å². The summed E-state index contributed by atoms with van der Waals surface area (Å²) in [5.74, 6) is -22.9. The smallest absolute Gasteiger partial charge is 0.267 e. The Morgan fingerprint density at radius 2 is 1.27 bits per heavy atom. The van der Waals surface area contributed by atoms with Gasteiger partial charge < -0.3 is 106 Å². The molecule has 0 bridgehead atoms. The second kappa shape index (κ2) is 44.2. The Bertz CT molecular complexity index is 4340. The topological polar surface area (TPSA) is 651 Å². The number of fused-ring (bicyclic) bond motifs is 1. The van der Waals surface area contributed by atoms with Crippen molar-refractivity contribution in [1.82, 2.24) is 77.8 Å². The first-order valence-corrected chi connectivity index (χ1v) is 40.3. The summed E-state index contributed by atoms with van der Waals surface area (Å²) in [6.45, 7) is 12.8. The van der Waals surface area contributed by atoms with Crippen LogP contribution in [0.5, 0.6) is 0 Å². The van der Waals surface area contributed by atoms with Gasteiger partial charge in [0.2, 0.25) is 95.0 Å². The van der Waals surface area contributed by atoms with Gasteiger partial charge in [0.25, 0.3) is 16.0 Å². The highest BCUT2D eigenvalue weighted by atomic mass is 32.2. The van der Waals surface area contributed by atoms with Crippen molar-refractivity contribution in [2.24, 2.45) is 45.2 Å². The molecular formula is C76H114N20O22S. The third kappa shape index (κ3) is 28.8. The average molecular weight is 1690 g/mol. The molecule has 22 N–H and O–H groups in total. The number of aliphatic imine (C=N–C) groups is 1. The van der Waals surface area contributed by atoms with Gasteiger partial charge in [0.15, 0.2) is 5.96 Å². The molecule has 17 amide bonds. The van der Waals surface area contributed by atoms with Crippen molar-refractivity contribution in [2.75, 3.05) is 39.5 Å². The molecular weight excluding hydrogens is 1580 g/mol. The number of hydrogen-bond acceptors (Lipinski definition) is 22. The number of benzene rings is 2. The Labute approximate surface area is 688 Å². The van der Waals surface area contributed by atoms with Crippen LogP contribution in [0, 0.1) is 17.3 Å². The standard InChI is InChI=1S/C76H114N20O22S/c1-38(2)30-48-64(105)85-50(33-56(78)101)66(107)91-59(41(6)98)73(114)93(11)35-57(102)96(60(42(7)99)74(115)94(12)53(67(108)86-48)26-27-55(77)100)72(113)52(36-119(116,117)118)89-63(104)47(24-18-28-81-75(79)80)84-65(106)49(32-44-34-82-46-23-17-16-22-45(44)46)87-69(110)58(39(3)4)90-70(111)61(76(8,9)10)92-68(109)54-25-19-29-95(54)71(112)51(31-43-20-14-13-15-21-43)88-62(103)40(5)83-37-97/h13-17,20-23,34,37-42,47-54,58-61,82,98-99H,18-19,24-33,35-36H2,1-12H3,(H2,77,100)(H2,78,101)(H,83,97)(H,84,106)(H,85,105)(H,86,108)(H,87,110)(H,88,103)(H,89,104)(H,90,111)(H,91,107)(H,92,109)(H4,79,80,81)(H,116,117,118). The fourth-order valence-corrected chi connectivity index (χ4v) is 14.2. The average Bonchev–Trinajstić information content (AvgIpc) is 1.07. The summed E-state index contributed by atoms with van der Waals surface area (Å²) in [7, 11) is -3.86. The number of primary amides is 2. The van der Waals surface area contributed by atoms with Gasteiger partial charge >= 0.3 is 0 Å².